The lowest BCUT2D eigenvalue weighted by Gasteiger charge is -2.31. The van der Waals surface area contributed by atoms with Crippen molar-refractivity contribution >= 4 is 11.9 Å². The molecule has 0 aliphatic carbocycles. The molecule has 1 aliphatic rings. The van der Waals surface area contributed by atoms with Gasteiger partial charge in [-0.2, -0.15) is 0 Å². The number of piperidine rings is 1. The molecule has 0 radical (unpaired) electrons. The van der Waals surface area contributed by atoms with Gasteiger partial charge in [-0.1, -0.05) is 6.08 Å². The van der Waals surface area contributed by atoms with Gasteiger partial charge in [0, 0.05) is 19.5 Å². The van der Waals surface area contributed by atoms with Gasteiger partial charge in [-0.15, -0.1) is 6.58 Å². The topological polar surface area (TPSA) is 46.6 Å². The number of hydrogen-bond donors (Lipinski definition) is 0. The van der Waals surface area contributed by atoms with Gasteiger partial charge >= 0.3 is 5.97 Å². The highest BCUT2D eigenvalue weighted by molar-refractivity contribution is 5.78. The fourth-order valence-corrected chi connectivity index (χ4v) is 1.95. The van der Waals surface area contributed by atoms with E-state index in [1.807, 2.05) is 0 Å². The standard InChI is InChI=1S/C12H19NO3/c1-3-4-7-11(14)13-8-5-6-10(9-13)12(15)16-2/h3,10H,1,4-9H2,2H3/t10-/m0/s1. The lowest BCUT2D eigenvalue weighted by Crippen LogP contribution is -2.42. The third-order valence-corrected chi connectivity index (χ3v) is 2.87. The molecule has 90 valence electrons. The summed E-state index contributed by atoms with van der Waals surface area (Å²) < 4.78 is 4.71. The van der Waals surface area contributed by atoms with Crippen LogP contribution in [0, 0.1) is 5.92 Å². The minimum absolute atomic E-state index is 0.105. The summed E-state index contributed by atoms with van der Waals surface area (Å²) in [6.45, 7) is 4.85. The first-order chi connectivity index (χ1) is 7.69. The minimum Gasteiger partial charge on any atom is -0.469 e. The summed E-state index contributed by atoms with van der Waals surface area (Å²) in [5.41, 5.74) is 0. The van der Waals surface area contributed by atoms with Crippen LogP contribution in [0.3, 0.4) is 0 Å². The summed E-state index contributed by atoms with van der Waals surface area (Å²) in [5, 5.41) is 0. The highest BCUT2D eigenvalue weighted by Crippen LogP contribution is 2.18. The average molecular weight is 225 g/mol. The maximum atomic E-state index is 11.7. The number of esters is 1. The van der Waals surface area contributed by atoms with Crippen LogP contribution in [0.5, 0.6) is 0 Å². The van der Waals surface area contributed by atoms with Crippen LogP contribution in [0.25, 0.3) is 0 Å². The van der Waals surface area contributed by atoms with E-state index in [4.69, 9.17) is 4.74 Å². The van der Waals surface area contributed by atoms with Gasteiger partial charge in [0.15, 0.2) is 0 Å². The fraction of sp³-hybridized carbons (Fsp3) is 0.667. The highest BCUT2D eigenvalue weighted by atomic mass is 16.5. The molecule has 1 fully saturated rings. The highest BCUT2D eigenvalue weighted by Gasteiger charge is 2.28. The molecule has 0 spiro atoms. The lowest BCUT2D eigenvalue weighted by atomic mass is 9.98. The molecule has 0 bridgehead atoms. The smallest absolute Gasteiger partial charge is 0.310 e. The average Bonchev–Trinajstić information content (AvgIpc) is 2.35. The van der Waals surface area contributed by atoms with Crippen molar-refractivity contribution in [2.75, 3.05) is 20.2 Å². The van der Waals surface area contributed by atoms with Crippen molar-refractivity contribution < 1.29 is 14.3 Å². The SMILES string of the molecule is C=CCCC(=O)N1CCC[C@H](C(=O)OC)C1. The molecule has 1 aliphatic heterocycles. The maximum Gasteiger partial charge on any atom is 0.310 e. The predicted octanol–water partition coefficient (Wildman–Crippen LogP) is 1.36. The van der Waals surface area contributed by atoms with E-state index in [9.17, 15) is 9.59 Å². The molecule has 0 aromatic heterocycles. The normalized spacial score (nSPS) is 20.3. The zero-order valence-corrected chi connectivity index (χ0v) is 9.78. The number of carbonyl (C=O) groups is 2. The number of carbonyl (C=O) groups excluding carboxylic acids is 2. The van der Waals surface area contributed by atoms with Crippen molar-refractivity contribution in [1.82, 2.24) is 4.90 Å². The Bertz CT molecular complexity index is 275. The van der Waals surface area contributed by atoms with E-state index in [0.717, 1.165) is 19.4 Å². The van der Waals surface area contributed by atoms with E-state index in [0.29, 0.717) is 19.4 Å². The van der Waals surface area contributed by atoms with Crippen LogP contribution in [0.1, 0.15) is 25.7 Å². The molecule has 0 aromatic carbocycles. The Labute approximate surface area is 96.3 Å². The fourth-order valence-electron chi connectivity index (χ4n) is 1.95. The van der Waals surface area contributed by atoms with Crippen LogP contribution < -0.4 is 0 Å². The Morgan fingerprint density at radius 1 is 1.56 bits per heavy atom. The Kier molecular flexibility index (Phi) is 5.02. The van der Waals surface area contributed by atoms with Crippen LogP contribution in [0.4, 0.5) is 0 Å². The molecule has 0 unspecified atom stereocenters. The van der Waals surface area contributed by atoms with E-state index < -0.39 is 0 Å². The molecule has 1 saturated heterocycles. The zero-order valence-electron chi connectivity index (χ0n) is 9.78. The monoisotopic (exact) mass is 225 g/mol. The molecule has 4 nitrogen and oxygen atoms in total. The van der Waals surface area contributed by atoms with Crippen molar-refractivity contribution in [3.8, 4) is 0 Å². The predicted molar refractivity (Wildman–Crippen MR) is 60.8 cm³/mol. The summed E-state index contributed by atoms with van der Waals surface area (Å²) in [6, 6.07) is 0. The van der Waals surface area contributed by atoms with Crippen molar-refractivity contribution in [2.24, 2.45) is 5.92 Å². The van der Waals surface area contributed by atoms with Gasteiger partial charge < -0.3 is 9.64 Å². The quantitative estimate of drug-likeness (QED) is 0.536. The Balaban J connectivity index is 2.46. The van der Waals surface area contributed by atoms with Crippen molar-refractivity contribution in [3.63, 3.8) is 0 Å². The van der Waals surface area contributed by atoms with E-state index in [2.05, 4.69) is 6.58 Å². The second-order valence-electron chi connectivity index (χ2n) is 4.03. The molecule has 4 heteroatoms. The number of rotatable bonds is 4. The Morgan fingerprint density at radius 2 is 2.31 bits per heavy atom. The Hall–Kier alpha value is -1.32. The first-order valence-corrected chi connectivity index (χ1v) is 5.65. The van der Waals surface area contributed by atoms with E-state index >= 15 is 0 Å². The van der Waals surface area contributed by atoms with Crippen molar-refractivity contribution in [3.05, 3.63) is 12.7 Å². The second-order valence-corrected chi connectivity index (χ2v) is 4.03. The molecule has 1 heterocycles. The van der Waals surface area contributed by atoms with Gasteiger partial charge in [-0.3, -0.25) is 9.59 Å². The molecular formula is C12H19NO3. The molecule has 1 atom stereocenters. The molecule has 16 heavy (non-hydrogen) atoms. The maximum absolute atomic E-state index is 11.7. The van der Waals surface area contributed by atoms with Crippen LogP contribution >= 0.6 is 0 Å². The summed E-state index contributed by atoms with van der Waals surface area (Å²) in [7, 11) is 1.39. The molecule has 0 aromatic rings. The number of ether oxygens (including phenoxy) is 1. The minimum atomic E-state index is -0.207. The molecule has 1 rings (SSSR count). The van der Waals surface area contributed by atoms with Crippen LogP contribution in [-0.4, -0.2) is 37.0 Å². The van der Waals surface area contributed by atoms with Crippen LogP contribution in [-0.2, 0) is 14.3 Å². The van der Waals surface area contributed by atoms with E-state index in [1.165, 1.54) is 7.11 Å². The van der Waals surface area contributed by atoms with Gasteiger partial charge in [0.05, 0.1) is 13.0 Å². The van der Waals surface area contributed by atoms with Gasteiger partial charge in [0.1, 0.15) is 0 Å². The number of likely N-dealkylation sites (tertiary alicyclic amines) is 1. The third kappa shape index (κ3) is 3.36. The van der Waals surface area contributed by atoms with Crippen molar-refractivity contribution in [1.29, 1.82) is 0 Å². The second kappa shape index (κ2) is 6.30. The van der Waals surface area contributed by atoms with Gasteiger partial charge in [-0.05, 0) is 19.3 Å². The van der Waals surface area contributed by atoms with E-state index in [-0.39, 0.29) is 17.8 Å². The first kappa shape index (κ1) is 12.7. The summed E-state index contributed by atoms with van der Waals surface area (Å²) in [4.78, 5) is 24.9. The largest absolute Gasteiger partial charge is 0.469 e. The molecule has 0 saturated carbocycles. The van der Waals surface area contributed by atoms with Crippen LogP contribution in [0.2, 0.25) is 0 Å². The first-order valence-electron chi connectivity index (χ1n) is 5.65. The summed E-state index contributed by atoms with van der Waals surface area (Å²) in [6.07, 6.45) is 4.60. The molecule has 0 N–H and O–H groups in total. The number of nitrogens with zero attached hydrogens (tertiary/aromatic N) is 1. The lowest BCUT2D eigenvalue weighted by molar-refractivity contribution is -0.148. The third-order valence-electron chi connectivity index (χ3n) is 2.87. The number of allylic oxidation sites excluding steroid dienone is 1. The van der Waals surface area contributed by atoms with Crippen LogP contribution in [0.15, 0.2) is 12.7 Å². The number of amides is 1. The summed E-state index contributed by atoms with van der Waals surface area (Å²) in [5.74, 6) is -0.249. The number of hydrogen-bond acceptors (Lipinski definition) is 3. The van der Waals surface area contributed by atoms with Gasteiger partial charge in [0.25, 0.3) is 0 Å². The Morgan fingerprint density at radius 3 is 2.94 bits per heavy atom. The summed E-state index contributed by atoms with van der Waals surface area (Å²) >= 11 is 0. The molecule has 1 amide bonds. The van der Waals surface area contributed by atoms with Gasteiger partial charge in [0.2, 0.25) is 5.91 Å². The zero-order chi connectivity index (χ0) is 12.0. The van der Waals surface area contributed by atoms with Gasteiger partial charge in [-0.25, -0.2) is 0 Å². The number of methoxy groups -OCH3 is 1. The molecular weight excluding hydrogens is 206 g/mol. The van der Waals surface area contributed by atoms with E-state index in [1.54, 1.807) is 11.0 Å². The van der Waals surface area contributed by atoms with Crippen molar-refractivity contribution in [2.45, 2.75) is 25.7 Å².